The van der Waals surface area contributed by atoms with Crippen molar-refractivity contribution in [1.29, 1.82) is 0 Å². The van der Waals surface area contributed by atoms with E-state index in [2.05, 4.69) is 28.5 Å². The first-order valence-electron chi connectivity index (χ1n) is 5.81. The van der Waals surface area contributed by atoms with Gasteiger partial charge in [0.05, 0.1) is 17.4 Å². The third kappa shape index (κ3) is 1.73. The van der Waals surface area contributed by atoms with Gasteiger partial charge in [-0.2, -0.15) is 10.2 Å². The van der Waals surface area contributed by atoms with Crippen LogP contribution >= 0.6 is 0 Å². The van der Waals surface area contributed by atoms with Gasteiger partial charge in [0, 0.05) is 11.4 Å². The average Bonchev–Trinajstić information content (AvgIpc) is 3.13. The SMILES string of the molecule is CC(Nc1cnnc2ccccc12)C1CC1. The van der Waals surface area contributed by atoms with Crippen LogP contribution in [0, 0.1) is 5.92 Å². The summed E-state index contributed by atoms with van der Waals surface area (Å²) in [6.45, 7) is 2.24. The van der Waals surface area contributed by atoms with E-state index in [9.17, 15) is 0 Å². The van der Waals surface area contributed by atoms with Crippen LogP contribution in [0.2, 0.25) is 0 Å². The van der Waals surface area contributed by atoms with Crippen LogP contribution in [-0.4, -0.2) is 16.2 Å². The lowest BCUT2D eigenvalue weighted by Gasteiger charge is -2.15. The largest absolute Gasteiger partial charge is 0.380 e. The van der Waals surface area contributed by atoms with Crippen molar-refractivity contribution in [2.45, 2.75) is 25.8 Å². The van der Waals surface area contributed by atoms with Crippen molar-refractivity contribution in [3.8, 4) is 0 Å². The number of aromatic nitrogens is 2. The summed E-state index contributed by atoms with van der Waals surface area (Å²) >= 11 is 0. The Balaban J connectivity index is 1.95. The van der Waals surface area contributed by atoms with E-state index >= 15 is 0 Å². The third-order valence-corrected chi connectivity index (χ3v) is 3.26. The minimum absolute atomic E-state index is 0.535. The topological polar surface area (TPSA) is 37.8 Å². The van der Waals surface area contributed by atoms with E-state index in [0.29, 0.717) is 6.04 Å². The Morgan fingerprint density at radius 2 is 2.12 bits per heavy atom. The van der Waals surface area contributed by atoms with Crippen LogP contribution < -0.4 is 5.32 Å². The third-order valence-electron chi connectivity index (χ3n) is 3.26. The molecule has 1 aliphatic rings. The summed E-state index contributed by atoms with van der Waals surface area (Å²) in [7, 11) is 0. The van der Waals surface area contributed by atoms with Crippen molar-refractivity contribution >= 4 is 16.6 Å². The highest BCUT2D eigenvalue weighted by Crippen LogP contribution is 2.34. The van der Waals surface area contributed by atoms with Gasteiger partial charge in [-0.05, 0) is 31.7 Å². The molecule has 1 aromatic heterocycles. The molecule has 3 heteroatoms. The number of nitrogens with one attached hydrogen (secondary N) is 1. The van der Waals surface area contributed by atoms with Crippen LogP contribution in [0.1, 0.15) is 19.8 Å². The minimum atomic E-state index is 0.535. The monoisotopic (exact) mass is 213 g/mol. The molecule has 0 amide bonds. The second kappa shape index (κ2) is 3.74. The lowest BCUT2D eigenvalue weighted by Crippen LogP contribution is -2.17. The first-order chi connectivity index (χ1) is 7.84. The molecule has 3 rings (SSSR count). The van der Waals surface area contributed by atoms with Gasteiger partial charge in [-0.3, -0.25) is 0 Å². The molecule has 1 unspecified atom stereocenters. The molecule has 82 valence electrons. The van der Waals surface area contributed by atoms with Crippen molar-refractivity contribution in [2.24, 2.45) is 5.92 Å². The smallest absolute Gasteiger partial charge is 0.0950 e. The minimum Gasteiger partial charge on any atom is -0.380 e. The number of rotatable bonds is 3. The van der Waals surface area contributed by atoms with E-state index in [4.69, 9.17) is 0 Å². The van der Waals surface area contributed by atoms with E-state index in [1.54, 1.807) is 0 Å². The van der Waals surface area contributed by atoms with E-state index in [1.807, 2.05) is 24.4 Å². The maximum absolute atomic E-state index is 4.12. The van der Waals surface area contributed by atoms with Gasteiger partial charge in [-0.15, -0.1) is 0 Å². The fourth-order valence-electron chi connectivity index (χ4n) is 2.08. The molecule has 2 aromatic rings. The zero-order valence-corrected chi connectivity index (χ0v) is 9.35. The lowest BCUT2D eigenvalue weighted by atomic mass is 10.1. The molecular weight excluding hydrogens is 198 g/mol. The van der Waals surface area contributed by atoms with Crippen LogP contribution in [0.15, 0.2) is 30.5 Å². The Kier molecular flexibility index (Phi) is 2.24. The van der Waals surface area contributed by atoms with Crippen molar-refractivity contribution < 1.29 is 0 Å². The van der Waals surface area contributed by atoms with Crippen molar-refractivity contribution in [3.63, 3.8) is 0 Å². The molecule has 1 saturated carbocycles. The van der Waals surface area contributed by atoms with E-state index < -0.39 is 0 Å². The molecule has 3 nitrogen and oxygen atoms in total. The lowest BCUT2D eigenvalue weighted by molar-refractivity contribution is 0.694. The summed E-state index contributed by atoms with van der Waals surface area (Å²) in [6.07, 6.45) is 4.52. The molecule has 0 saturated heterocycles. The summed E-state index contributed by atoms with van der Waals surface area (Å²) in [5.41, 5.74) is 2.06. The normalized spacial score (nSPS) is 17.3. The molecule has 1 heterocycles. The van der Waals surface area contributed by atoms with Gasteiger partial charge in [0.2, 0.25) is 0 Å². The van der Waals surface area contributed by atoms with Crippen molar-refractivity contribution in [1.82, 2.24) is 10.2 Å². The predicted octanol–water partition coefficient (Wildman–Crippen LogP) is 2.84. The van der Waals surface area contributed by atoms with Crippen LogP contribution in [0.5, 0.6) is 0 Å². The summed E-state index contributed by atoms with van der Waals surface area (Å²) in [6, 6.07) is 8.65. The Bertz CT molecular complexity index is 500. The van der Waals surface area contributed by atoms with Gasteiger partial charge in [-0.25, -0.2) is 0 Å². The zero-order chi connectivity index (χ0) is 11.0. The van der Waals surface area contributed by atoms with Crippen molar-refractivity contribution in [2.75, 3.05) is 5.32 Å². The number of fused-ring (bicyclic) bond motifs is 1. The average molecular weight is 213 g/mol. The summed E-state index contributed by atoms with van der Waals surface area (Å²) in [5.74, 6) is 0.840. The number of anilines is 1. The van der Waals surface area contributed by atoms with Crippen LogP contribution in [-0.2, 0) is 0 Å². The Morgan fingerprint density at radius 3 is 2.94 bits per heavy atom. The molecule has 1 atom stereocenters. The Morgan fingerprint density at radius 1 is 1.31 bits per heavy atom. The molecule has 16 heavy (non-hydrogen) atoms. The van der Waals surface area contributed by atoms with Crippen LogP contribution in [0.4, 0.5) is 5.69 Å². The van der Waals surface area contributed by atoms with Gasteiger partial charge in [0.25, 0.3) is 0 Å². The molecule has 1 N–H and O–H groups in total. The first kappa shape index (κ1) is 9.58. The predicted molar refractivity (Wildman–Crippen MR) is 65.3 cm³/mol. The molecule has 0 bridgehead atoms. The molecular formula is C13H15N3. The first-order valence-corrected chi connectivity index (χ1v) is 5.81. The standard InChI is InChI=1S/C13H15N3/c1-9(10-6-7-10)15-13-8-14-16-12-5-3-2-4-11(12)13/h2-5,8-10H,6-7H2,1H3,(H,15,16). The molecule has 1 fully saturated rings. The van der Waals surface area contributed by atoms with Gasteiger partial charge in [0.1, 0.15) is 0 Å². The number of benzene rings is 1. The highest BCUT2D eigenvalue weighted by Gasteiger charge is 2.28. The summed E-state index contributed by atoms with van der Waals surface area (Å²) < 4.78 is 0. The number of hydrogen-bond donors (Lipinski definition) is 1. The molecule has 1 aromatic carbocycles. The Hall–Kier alpha value is -1.64. The van der Waals surface area contributed by atoms with Crippen molar-refractivity contribution in [3.05, 3.63) is 30.5 Å². The quantitative estimate of drug-likeness (QED) is 0.852. The summed E-state index contributed by atoms with van der Waals surface area (Å²) in [5, 5.41) is 12.9. The number of hydrogen-bond acceptors (Lipinski definition) is 3. The maximum atomic E-state index is 4.12. The van der Waals surface area contributed by atoms with Gasteiger partial charge < -0.3 is 5.32 Å². The molecule has 0 aliphatic heterocycles. The number of nitrogens with zero attached hydrogens (tertiary/aromatic N) is 2. The highest BCUT2D eigenvalue weighted by atomic mass is 15.1. The van der Waals surface area contributed by atoms with Crippen LogP contribution in [0.25, 0.3) is 10.9 Å². The Labute approximate surface area is 94.9 Å². The van der Waals surface area contributed by atoms with E-state index in [1.165, 1.54) is 12.8 Å². The molecule has 0 radical (unpaired) electrons. The second-order valence-electron chi connectivity index (χ2n) is 4.55. The highest BCUT2D eigenvalue weighted by molar-refractivity contribution is 5.90. The van der Waals surface area contributed by atoms with E-state index in [-0.39, 0.29) is 0 Å². The molecule has 0 spiro atoms. The van der Waals surface area contributed by atoms with Gasteiger partial charge in [0.15, 0.2) is 0 Å². The maximum Gasteiger partial charge on any atom is 0.0950 e. The van der Waals surface area contributed by atoms with Crippen LogP contribution in [0.3, 0.4) is 0 Å². The fourth-order valence-corrected chi connectivity index (χ4v) is 2.08. The zero-order valence-electron chi connectivity index (χ0n) is 9.35. The molecule has 1 aliphatic carbocycles. The van der Waals surface area contributed by atoms with E-state index in [0.717, 1.165) is 22.5 Å². The van der Waals surface area contributed by atoms with Gasteiger partial charge >= 0.3 is 0 Å². The summed E-state index contributed by atoms with van der Waals surface area (Å²) in [4.78, 5) is 0. The second-order valence-corrected chi connectivity index (χ2v) is 4.55. The van der Waals surface area contributed by atoms with Gasteiger partial charge in [-0.1, -0.05) is 18.2 Å². The fraction of sp³-hybridized carbons (Fsp3) is 0.385.